The van der Waals surface area contributed by atoms with Gasteiger partial charge in [-0.1, -0.05) is 24.6 Å². The molecule has 0 bridgehead atoms. The highest BCUT2D eigenvalue weighted by molar-refractivity contribution is 9.10. The minimum atomic E-state index is 0.541. The third-order valence-corrected chi connectivity index (χ3v) is 4.57. The highest BCUT2D eigenvalue weighted by atomic mass is 79.9. The van der Waals surface area contributed by atoms with Crippen molar-refractivity contribution in [1.82, 2.24) is 5.32 Å². The van der Waals surface area contributed by atoms with Crippen LogP contribution in [0, 0.1) is 0 Å². The number of hydrogen-bond donors (Lipinski definition) is 1. The molecular formula is C12H17BrClNS. The molecule has 1 rings (SSSR count). The second-order valence-electron chi connectivity index (χ2n) is 3.69. The molecule has 1 N–H and O–H groups in total. The normalized spacial score (nSPS) is 12.8. The molecular weight excluding hydrogens is 306 g/mol. The Morgan fingerprint density at radius 2 is 2.25 bits per heavy atom. The molecule has 1 atom stereocenters. The van der Waals surface area contributed by atoms with E-state index in [1.54, 1.807) is 0 Å². The monoisotopic (exact) mass is 321 g/mol. The van der Waals surface area contributed by atoms with Gasteiger partial charge in [-0.05, 0) is 46.3 Å². The molecule has 4 heteroatoms. The molecule has 0 aliphatic heterocycles. The van der Waals surface area contributed by atoms with Gasteiger partial charge in [-0.3, -0.25) is 0 Å². The molecule has 0 aromatic heterocycles. The molecule has 16 heavy (non-hydrogen) atoms. The van der Waals surface area contributed by atoms with Crippen molar-refractivity contribution in [2.45, 2.75) is 26.4 Å². The van der Waals surface area contributed by atoms with E-state index in [4.69, 9.17) is 11.6 Å². The van der Waals surface area contributed by atoms with Crippen molar-refractivity contribution in [1.29, 1.82) is 0 Å². The van der Waals surface area contributed by atoms with E-state index in [1.165, 1.54) is 11.3 Å². The zero-order valence-electron chi connectivity index (χ0n) is 9.59. The van der Waals surface area contributed by atoms with E-state index in [1.807, 2.05) is 17.8 Å². The fourth-order valence-electron chi connectivity index (χ4n) is 1.30. The van der Waals surface area contributed by atoms with Crippen LogP contribution in [0.2, 0.25) is 5.02 Å². The lowest BCUT2D eigenvalue weighted by Crippen LogP contribution is -2.27. The van der Waals surface area contributed by atoms with Gasteiger partial charge in [-0.25, -0.2) is 0 Å². The summed E-state index contributed by atoms with van der Waals surface area (Å²) in [7, 11) is 0. The van der Waals surface area contributed by atoms with Crippen LogP contribution < -0.4 is 5.32 Å². The lowest BCUT2D eigenvalue weighted by molar-refractivity contribution is 0.596. The van der Waals surface area contributed by atoms with Crippen LogP contribution in [0.25, 0.3) is 0 Å². The number of halogens is 2. The summed E-state index contributed by atoms with van der Waals surface area (Å²) in [6.07, 6.45) is 0. The Balaban J connectivity index is 2.39. The molecule has 0 aliphatic rings. The van der Waals surface area contributed by atoms with Gasteiger partial charge in [0.15, 0.2) is 0 Å². The van der Waals surface area contributed by atoms with Crippen LogP contribution in [-0.2, 0) is 6.54 Å². The van der Waals surface area contributed by atoms with Gasteiger partial charge in [-0.2, -0.15) is 11.8 Å². The lowest BCUT2D eigenvalue weighted by Gasteiger charge is -2.13. The number of benzene rings is 1. The second-order valence-corrected chi connectivity index (χ2v) is 6.27. The summed E-state index contributed by atoms with van der Waals surface area (Å²) in [4.78, 5) is 0. The fraction of sp³-hybridized carbons (Fsp3) is 0.500. The average molecular weight is 323 g/mol. The predicted molar refractivity (Wildman–Crippen MR) is 78.5 cm³/mol. The quantitative estimate of drug-likeness (QED) is 0.836. The van der Waals surface area contributed by atoms with Crippen molar-refractivity contribution < 1.29 is 0 Å². The van der Waals surface area contributed by atoms with Crippen LogP contribution in [0.5, 0.6) is 0 Å². The summed E-state index contributed by atoms with van der Waals surface area (Å²) < 4.78 is 0.962. The number of hydrogen-bond acceptors (Lipinski definition) is 2. The van der Waals surface area contributed by atoms with E-state index in [-0.39, 0.29) is 0 Å². The van der Waals surface area contributed by atoms with Gasteiger partial charge in [0.05, 0.1) is 5.02 Å². The van der Waals surface area contributed by atoms with E-state index in [0.29, 0.717) is 6.04 Å². The third kappa shape index (κ3) is 5.09. The highest BCUT2D eigenvalue weighted by Gasteiger charge is 2.02. The first-order valence-corrected chi connectivity index (χ1v) is 7.71. The van der Waals surface area contributed by atoms with Gasteiger partial charge in [-0.15, -0.1) is 0 Å². The Hall–Kier alpha value is 0.300. The van der Waals surface area contributed by atoms with E-state index in [9.17, 15) is 0 Å². The smallest absolute Gasteiger partial charge is 0.0548 e. The van der Waals surface area contributed by atoms with Crippen molar-refractivity contribution in [2.75, 3.05) is 11.5 Å². The molecule has 90 valence electrons. The molecule has 0 aliphatic carbocycles. The number of rotatable bonds is 6. The maximum atomic E-state index is 5.94. The molecule has 0 amide bonds. The maximum absolute atomic E-state index is 5.94. The SMILES string of the molecule is CCSCC(C)NCc1ccc(Cl)c(Br)c1. The van der Waals surface area contributed by atoms with Crippen LogP contribution in [-0.4, -0.2) is 17.5 Å². The first-order valence-electron chi connectivity index (χ1n) is 5.38. The maximum Gasteiger partial charge on any atom is 0.0548 e. The van der Waals surface area contributed by atoms with Crippen LogP contribution in [0.1, 0.15) is 19.4 Å². The Kier molecular flexibility index (Phi) is 6.81. The summed E-state index contributed by atoms with van der Waals surface area (Å²) in [6.45, 7) is 5.29. The Morgan fingerprint density at radius 3 is 2.88 bits per heavy atom. The second kappa shape index (κ2) is 7.59. The molecule has 1 unspecified atom stereocenters. The molecule has 0 fully saturated rings. The predicted octanol–water partition coefficient (Wildman–Crippen LogP) is 4.33. The minimum Gasteiger partial charge on any atom is -0.309 e. The van der Waals surface area contributed by atoms with Gasteiger partial charge in [0.1, 0.15) is 0 Å². The first-order chi connectivity index (χ1) is 7.63. The van der Waals surface area contributed by atoms with Crippen LogP contribution in [0.4, 0.5) is 0 Å². The van der Waals surface area contributed by atoms with Crippen molar-refractivity contribution in [3.05, 3.63) is 33.3 Å². The molecule has 0 saturated carbocycles. The molecule has 1 aromatic rings. The first kappa shape index (κ1) is 14.4. The number of thioether (sulfide) groups is 1. The summed E-state index contributed by atoms with van der Waals surface area (Å²) in [5.74, 6) is 2.34. The lowest BCUT2D eigenvalue weighted by atomic mass is 10.2. The summed E-state index contributed by atoms with van der Waals surface area (Å²) >= 11 is 11.3. The molecule has 1 aromatic carbocycles. The third-order valence-electron chi connectivity index (χ3n) is 2.21. The topological polar surface area (TPSA) is 12.0 Å². The Bertz CT molecular complexity index is 333. The fourth-order valence-corrected chi connectivity index (χ4v) is 2.55. The van der Waals surface area contributed by atoms with Crippen molar-refractivity contribution in [2.24, 2.45) is 0 Å². The molecule has 0 saturated heterocycles. The van der Waals surface area contributed by atoms with Crippen LogP contribution in [0.15, 0.2) is 22.7 Å². The molecule has 0 heterocycles. The highest BCUT2D eigenvalue weighted by Crippen LogP contribution is 2.23. The van der Waals surface area contributed by atoms with Crippen molar-refractivity contribution in [3.63, 3.8) is 0 Å². The van der Waals surface area contributed by atoms with E-state index in [0.717, 1.165) is 21.8 Å². The summed E-state index contributed by atoms with van der Waals surface area (Å²) in [6, 6.07) is 6.59. The molecule has 0 radical (unpaired) electrons. The Morgan fingerprint density at radius 1 is 1.50 bits per heavy atom. The largest absolute Gasteiger partial charge is 0.309 e. The van der Waals surface area contributed by atoms with Gasteiger partial charge < -0.3 is 5.32 Å². The zero-order chi connectivity index (χ0) is 12.0. The zero-order valence-corrected chi connectivity index (χ0v) is 12.8. The van der Waals surface area contributed by atoms with Crippen molar-refractivity contribution in [3.8, 4) is 0 Å². The van der Waals surface area contributed by atoms with Gasteiger partial charge in [0, 0.05) is 22.8 Å². The van der Waals surface area contributed by atoms with E-state index >= 15 is 0 Å². The standard InChI is InChI=1S/C12H17BrClNS/c1-3-16-8-9(2)15-7-10-4-5-12(14)11(13)6-10/h4-6,9,15H,3,7-8H2,1-2H3. The molecule has 1 nitrogen and oxygen atoms in total. The average Bonchev–Trinajstić information content (AvgIpc) is 2.28. The summed E-state index contributed by atoms with van der Waals surface area (Å²) in [5, 5.41) is 4.26. The van der Waals surface area contributed by atoms with Crippen LogP contribution >= 0.6 is 39.3 Å². The Labute approximate surface area is 115 Å². The van der Waals surface area contributed by atoms with E-state index < -0.39 is 0 Å². The van der Waals surface area contributed by atoms with Gasteiger partial charge in [0.25, 0.3) is 0 Å². The minimum absolute atomic E-state index is 0.541. The van der Waals surface area contributed by atoms with Crippen molar-refractivity contribution >= 4 is 39.3 Å². The van der Waals surface area contributed by atoms with E-state index in [2.05, 4.69) is 47.2 Å². The van der Waals surface area contributed by atoms with Crippen LogP contribution in [0.3, 0.4) is 0 Å². The van der Waals surface area contributed by atoms with Gasteiger partial charge >= 0.3 is 0 Å². The summed E-state index contributed by atoms with van der Waals surface area (Å²) in [5.41, 5.74) is 1.25. The van der Waals surface area contributed by atoms with Gasteiger partial charge in [0.2, 0.25) is 0 Å². The number of nitrogens with one attached hydrogen (secondary N) is 1. The molecule has 0 spiro atoms.